The van der Waals surface area contributed by atoms with Crippen LogP contribution in [-0.2, 0) is 61.5 Å². The van der Waals surface area contributed by atoms with E-state index in [-0.39, 0.29) is 135 Å². The van der Waals surface area contributed by atoms with Crippen molar-refractivity contribution in [1.29, 1.82) is 0 Å². The number of fused-ring (bicyclic) bond motifs is 5. The first-order chi connectivity index (χ1) is 59.1. The maximum atomic E-state index is 12.6. The number of aliphatic hydroxyl groups is 5. The molecule has 10 aromatic rings. The first-order valence-electron chi connectivity index (χ1n) is 38.3. The highest BCUT2D eigenvalue weighted by Crippen LogP contribution is 2.52. The predicted octanol–water partition coefficient (Wildman–Crippen LogP) is 17.8. The van der Waals surface area contributed by atoms with Gasteiger partial charge in [-0.1, -0.05) is 166 Å². The van der Waals surface area contributed by atoms with Crippen molar-refractivity contribution in [2.24, 2.45) is 0 Å². The second kappa shape index (κ2) is 37.4. The van der Waals surface area contributed by atoms with Gasteiger partial charge in [0.1, 0.15) is 0 Å². The van der Waals surface area contributed by atoms with Gasteiger partial charge in [0.25, 0.3) is 29.5 Å². The van der Waals surface area contributed by atoms with Crippen LogP contribution in [0.5, 0.6) is 0 Å². The molecule has 1 fully saturated rings. The summed E-state index contributed by atoms with van der Waals surface area (Å²) in [7, 11) is 5.18. The molecular weight excluding hydrogens is 1850 g/mol. The van der Waals surface area contributed by atoms with E-state index in [9.17, 15) is 77.7 Å². The number of nitrogens with zero attached hydrogens (tertiary/aromatic N) is 3. The van der Waals surface area contributed by atoms with E-state index in [1.165, 1.54) is 79.1 Å². The molecule has 5 amide bonds. The number of ketones is 5. The molecule has 0 radical (unpaired) electrons. The van der Waals surface area contributed by atoms with Crippen molar-refractivity contribution in [2.45, 2.75) is 84.8 Å². The Morgan fingerprint density at radius 3 is 0.746 bits per heavy atom. The Hall–Kier alpha value is -9.98. The lowest BCUT2D eigenvalue weighted by molar-refractivity contribution is -0.133. The molecule has 6 unspecified atom stereocenters. The predicted molar refractivity (Wildman–Crippen MR) is 496 cm³/mol. The molecule has 6 atom stereocenters. The van der Waals surface area contributed by atoms with Gasteiger partial charge >= 0.3 is 0 Å². The van der Waals surface area contributed by atoms with Gasteiger partial charge in [0.05, 0.1) is 85.7 Å². The lowest BCUT2D eigenvalue weighted by Gasteiger charge is -2.21. The summed E-state index contributed by atoms with van der Waals surface area (Å²) in [5, 5.41) is 69.2. The van der Waals surface area contributed by atoms with Gasteiger partial charge in [-0.15, -0.1) is 0 Å². The van der Waals surface area contributed by atoms with Gasteiger partial charge in [0.15, 0.2) is 56.9 Å². The second-order valence-corrected chi connectivity index (χ2v) is 37.7. The third-order valence-corrected chi connectivity index (χ3v) is 26.1. The molecule has 24 nitrogen and oxygen atoms in total. The summed E-state index contributed by atoms with van der Waals surface area (Å²) in [6.07, 6.45) is -0.669. The fraction of sp³-hybridized carbons (Fsp3) is 0.220. The Morgan fingerprint density at radius 2 is 0.548 bits per heavy atom. The fourth-order valence-electron chi connectivity index (χ4n) is 14.6. The van der Waals surface area contributed by atoms with Gasteiger partial charge in [0, 0.05) is 150 Å². The van der Waals surface area contributed by atoms with E-state index in [4.69, 9.17) is 116 Å². The number of anilines is 8. The Bertz CT molecular complexity index is 5700. The van der Waals surface area contributed by atoms with Crippen LogP contribution >= 0.6 is 116 Å². The van der Waals surface area contributed by atoms with E-state index >= 15 is 0 Å². The van der Waals surface area contributed by atoms with Crippen LogP contribution in [0.4, 0.5) is 45.5 Å². The Labute approximate surface area is 773 Å². The third-order valence-electron chi connectivity index (χ3n) is 21.7. The molecule has 16 rings (SSSR count). The van der Waals surface area contributed by atoms with Crippen molar-refractivity contribution >= 4 is 235 Å². The minimum absolute atomic E-state index is 0.0935. The number of Topliss-reactive ketones (excluding diaryl/α,β-unsaturated/α-hetero) is 5. The van der Waals surface area contributed by atoms with Gasteiger partial charge in [-0.25, -0.2) is 0 Å². The summed E-state index contributed by atoms with van der Waals surface area (Å²) in [4.78, 5) is 131. The van der Waals surface area contributed by atoms with Gasteiger partial charge in [-0.2, -0.15) is 0 Å². The summed E-state index contributed by atoms with van der Waals surface area (Å²) < 4.78 is 11.9. The maximum absolute atomic E-state index is 12.6. The number of rotatable bonds is 20. The minimum atomic E-state index is -2.40. The highest BCUT2D eigenvalue weighted by molar-refractivity contribution is 7.99. The molecule has 6 heterocycles. The van der Waals surface area contributed by atoms with Crippen molar-refractivity contribution in [3.8, 4) is 0 Å². The fourth-order valence-corrected chi connectivity index (χ4v) is 17.9. The van der Waals surface area contributed by atoms with Crippen LogP contribution in [0.25, 0.3) is 0 Å². The van der Waals surface area contributed by atoms with Crippen LogP contribution in [-0.4, -0.2) is 142 Å². The molecule has 6 aliphatic heterocycles. The van der Waals surface area contributed by atoms with Crippen molar-refractivity contribution in [3.05, 3.63) is 293 Å². The molecule has 0 saturated carbocycles. The number of carbonyl (C=O) groups is 10. The van der Waals surface area contributed by atoms with Crippen LogP contribution in [0.3, 0.4) is 0 Å². The quantitative estimate of drug-likeness (QED) is 0.0192. The van der Waals surface area contributed by atoms with Crippen molar-refractivity contribution in [2.75, 3.05) is 88.8 Å². The molecule has 6 aliphatic rings. The molecule has 35 heteroatoms. The first-order valence-corrected chi connectivity index (χ1v) is 44.3. The highest BCUT2D eigenvalue weighted by Gasteiger charge is 2.54. The number of halogens is 10. The van der Waals surface area contributed by atoms with Crippen molar-refractivity contribution in [1.82, 2.24) is 0 Å². The van der Waals surface area contributed by atoms with E-state index in [1.807, 2.05) is 62.3 Å². The largest absolute Gasteiger partial charge is 0.378 e. The van der Waals surface area contributed by atoms with Crippen LogP contribution in [0.2, 0.25) is 50.2 Å². The van der Waals surface area contributed by atoms with E-state index < -0.39 is 105 Å². The number of benzene rings is 10. The van der Waals surface area contributed by atoms with Crippen LogP contribution in [0, 0.1) is 0 Å². The first kappa shape index (κ1) is 95.1. The number of hydrogen-bond donors (Lipinski definition) is 10. The Balaban J connectivity index is 0.000000143. The SMILES string of the molecule is C=S(C)(=O)c1ccc(C(=O)CC2(O)C(=O)Nc3c(Cl)ccc(Cl)c32)cc1.CC(C)c1ccc(C(=O)CC2(O)C(=O)Nc3c(Cl)ccc(Cl)c32)cc1.CN(C)c1ccc(C(=O)CC2(O)C(=O)Nc3c(Cl)ccc(Cl)c32)cc1.CN(C)c1ccc(C(=O)CC2(O)C(=O)Nc3c(Cl)ccc(Cl)c32)cc1.O=C(CC1(O)C(=O)Nc2c(Cl)ccc(Cl)c21)c1ccc(N2CC2)cc1. The van der Waals surface area contributed by atoms with Gasteiger partial charge < -0.3 is 66.8 Å². The van der Waals surface area contributed by atoms with Gasteiger partial charge in [0.2, 0.25) is 0 Å². The normalized spacial score (nSPS) is 19.7. The topological polar surface area (TPSA) is 359 Å². The molecule has 10 N–H and O–H groups in total. The van der Waals surface area contributed by atoms with Gasteiger partial charge in [-0.05, 0) is 172 Å². The molecule has 0 aromatic heterocycles. The number of nitrogens with one attached hydrogen (secondary N) is 5. The third kappa shape index (κ3) is 19.3. The summed E-state index contributed by atoms with van der Waals surface area (Å²) >= 11 is 61.0. The molecular formula is C91H78Cl10N8O16S. The number of hydrogen-bond acceptors (Lipinski definition) is 19. The molecule has 654 valence electrons. The molecule has 0 aliphatic carbocycles. The average Bonchev–Trinajstić information content (AvgIpc) is 1.61. The second-order valence-electron chi connectivity index (χ2n) is 31.2. The zero-order chi connectivity index (χ0) is 92.1. The highest BCUT2D eigenvalue weighted by atomic mass is 35.5. The van der Waals surface area contributed by atoms with Crippen LogP contribution in [0.1, 0.15) is 137 Å². The summed E-state index contributed by atoms with van der Waals surface area (Å²) in [5.74, 6) is -1.56. The summed E-state index contributed by atoms with van der Waals surface area (Å²) in [6.45, 7) is 6.16. The van der Waals surface area contributed by atoms with Crippen molar-refractivity contribution < 1.29 is 77.7 Å². The Kier molecular flexibility index (Phi) is 28.2. The van der Waals surface area contributed by atoms with E-state index in [0.29, 0.717) is 33.1 Å². The standard InChI is InChI=1S/C19H17Cl2NO3.C18H14Cl2N2O3.2C18H16Cl2N2O3.C18H15Cl2NO4S/c1-10(2)11-3-5-12(6-4-11)15(23)9-19(25)16-13(20)7-8-14(21)17(16)22-18(19)24;19-12-5-6-13(20)16-15(12)18(25,17(24)21-16)9-14(23)10-1-3-11(4-2-10)22-7-8-22;2*1-22(2)11-5-3-10(4-6-11)14(23)9-18(25)15-12(19)7-8-13(20)16(15)21-17(18)24;1-26(2,25)11-5-3-10(4-6-11)14(22)9-18(24)15-12(19)7-8-13(20)16(15)21-17(18)23/h3-8,10,25H,9H2,1-2H3,(H,22,24);1-6,25H,7-9H2,(H,21,24);2*3-8,25H,9H2,1-2H3,(H,21,24);3-8,24H,1,9H2,2H3,(H,21,23). The van der Waals surface area contributed by atoms with Crippen molar-refractivity contribution in [3.63, 3.8) is 0 Å². The van der Waals surface area contributed by atoms with Crippen LogP contribution in [0.15, 0.2) is 187 Å². The Morgan fingerprint density at radius 1 is 0.349 bits per heavy atom. The van der Waals surface area contributed by atoms with Crippen LogP contribution < -0.4 is 41.3 Å². The van der Waals surface area contributed by atoms with E-state index in [1.54, 1.807) is 84.9 Å². The molecule has 126 heavy (non-hydrogen) atoms. The van der Waals surface area contributed by atoms with E-state index in [2.05, 4.69) is 51.2 Å². The smallest absolute Gasteiger partial charge is 0.261 e. The molecule has 10 aromatic carbocycles. The van der Waals surface area contributed by atoms with Gasteiger partial charge in [-0.3, -0.25) is 52.2 Å². The lowest BCUT2D eigenvalue weighted by Crippen LogP contribution is -2.36. The minimum Gasteiger partial charge on any atom is -0.378 e. The maximum Gasteiger partial charge on any atom is 0.261 e. The average molecular weight is 1930 g/mol. The number of carbonyl (C=O) groups excluding carboxylic acids is 10. The molecule has 0 bridgehead atoms. The monoisotopic (exact) mass is 1920 g/mol. The molecule has 0 spiro atoms. The summed E-state index contributed by atoms with van der Waals surface area (Å²) in [5.41, 5.74) is -2.42. The lowest BCUT2D eigenvalue weighted by atomic mass is 9.87. The zero-order valence-corrected chi connectivity index (χ0v) is 76.2. The molecule has 1 saturated heterocycles. The zero-order valence-electron chi connectivity index (χ0n) is 67.8. The number of amides is 5. The van der Waals surface area contributed by atoms with E-state index in [0.717, 1.165) is 35.7 Å². The summed E-state index contributed by atoms with van der Waals surface area (Å²) in [6, 6.07) is 49.2.